The number of amides is 1. The number of carbonyl (C=O) groups excluding carboxylic acids is 1. The van der Waals surface area contributed by atoms with Crippen LogP contribution >= 0.6 is 0 Å². The van der Waals surface area contributed by atoms with Crippen LogP contribution < -0.4 is 0 Å². The summed E-state index contributed by atoms with van der Waals surface area (Å²) in [5.41, 5.74) is -0.252. The van der Waals surface area contributed by atoms with E-state index >= 15 is 0 Å². The Morgan fingerprint density at radius 2 is 1.71 bits per heavy atom. The first-order valence-corrected chi connectivity index (χ1v) is 5.40. The van der Waals surface area contributed by atoms with Crippen molar-refractivity contribution >= 4 is 5.91 Å². The number of hydrogen-bond donors (Lipinski definition) is 0. The molecule has 0 N–H and O–H groups in total. The molecule has 0 aliphatic carbocycles. The molecular weight excluding hydrogens is 178 g/mol. The Morgan fingerprint density at radius 3 is 2.14 bits per heavy atom. The van der Waals surface area contributed by atoms with Crippen LogP contribution in [0.1, 0.15) is 33.6 Å². The zero-order valence-corrected chi connectivity index (χ0v) is 9.25. The van der Waals surface area contributed by atoms with E-state index < -0.39 is 0 Å². The Hall–Kier alpha value is -0.570. The monoisotopic (exact) mass is 197 g/mol. The van der Waals surface area contributed by atoms with Crippen LogP contribution in [0.5, 0.6) is 0 Å². The highest BCUT2D eigenvalue weighted by Gasteiger charge is 2.43. The van der Waals surface area contributed by atoms with Gasteiger partial charge in [-0.15, -0.1) is 0 Å². The number of ether oxygens (including phenoxy) is 1. The van der Waals surface area contributed by atoms with Gasteiger partial charge in [0.25, 0.3) is 0 Å². The number of nitrogens with zero attached hydrogens (tertiary/aromatic N) is 1. The third-order valence-corrected chi connectivity index (χ3v) is 3.12. The first-order valence-electron chi connectivity index (χ1n) is 5.40. The number of hydrogen-bond acceptors (Lipinski definition) is 2. The Morgan fingerprint density at radius 1 is 1.21 bits per heavy atom. The molecule has 2 atom stereocenters. The molecule has 0 radical (unpaired) electrons. The second-order valence-corrected chi connectivity index (χ2v) is 5.38. The second-order valence-electron chi connectivity index (χ2n) is 5.38. The largest absolute Gasteiger partial charge is 0.377 e. The van der Waals surface area contributed by atoms with Crippen LogP contribution in [0.3, 0.4) is 0 Å². The fourth-order valence-electron chi connectivity index (χ4n) is 2.35. The first kappa shape index (κ1) is 9.97. The highest BCUT2D eigenvalue weighted by atomic mass is 16.5. The molecule has 2 unspecified atom stereocenters. The molecule has 0 aromatic carbocycles. The summed E-state index contributed by atoms with van der Waals surface area (Å²) in [5.74, 6) is 0.285. The third kappa shape index (κ3) is 1.54. The number of fused-ring (bicyclic) bond motifs is 2. The van der Waals surface area contributed by atoms with E-state index in [1.165, 1.54) is 0 Å². The lowest BCUT2D eigenvalue weighted by Crippen LogP contribution is -2.52. The van der Waals surface area contributed by atoms with Crippen molar-refractivity contribution in [1.82, 2.24) is 4.90 Å². The fourth-order valence-corrected chi connectivity index (χ4v) is 2.35. The van der Waals surface area contributed by atoms with Crippen molar-refractivity contribution in [1.29, 1.82) is 0 Å². The maximum Gasteiger partial charge on any atom is 0.228 e. The van der Waals surface area contributed by atoms with Crippen molar-refractivity contribution in [2.24, 2.45) is 5.41 Å². The smallest absolute Gasteiger partial charge is 0.228 e. The molecule has 80 valence electrons. The zero-order valence-electron chi connectivity index (χ0n) is 9.25. The summed E-state index contributed by atoms with van der Waals surface area (Å²) in [4.78, 5) is 14.2. The summed E-state index contributed by atoms with van der Waals surface area (Å²) < 4.78 is 5.46. The first-order chi connectivity index (χ1) is 6.50. The predicted octanol–water partition coefficient (Wildman–Crippen LogP) is 1.42. The molecule has 2 saturated heterocycles. The lowest BCUT2D eigenvalue weighted by molar-refractivity contribution is -0.149. The topological polar surface area (TPSA) is 29.5 Å². The Balaban J connectivity index is 2.15. The molecule has 0 aromatic heterocycles. The van der Waals surface area contributed by atoms with Crippen LogP contribution in [-0.2, 0) is 9.53 Å². The molecule has 2 bridgehead atoms. The molecule has 2 fully saturated rings. The van der Waals surface area contributed by atoms with Gasteiger partial charge in [-0.1, -0.05) is 20.8 Å². The Bertz CT molecular complexity index is 228. The van der Waals surface area contributed by atoms with E-state index in [9.17, 15) is 4.79 Å². The van der Waals surface area contributed by atoms with Gasteiger partial charge in [-0.3, -0.25) is 4.79 Å². The normalized spacial score (nSPS) is 32.1. The van der Waals surface area contributed by atoms with Crippen LogP contribution in [0.2, 0.25) is 0 Å². The minimum atomic E-state index is -0.252. The van der Waals surface area contributed by atoms with Crippen molar-refractivity contribution < 1.29 is 9.53 Å². The van der Waals surface area contributed by atoms with E-state index in [1.807, 2.05) is 20.8 Å². The van der Waals surface area contributed by atoms with Crippen LogP contribution in [0.4, 0.5) is 0 Å². The average Bonchev–Trinajstić information content (AvgIpc) is 2.32. The molecule has 2 heterocycles. The van der Waals surface area contributed by atoms with E-state index in [0.717, 1.165) is 26.1 Å². The summed E-state index contributed by atoms with van der Waals surface area (Å²) in [6.07, 6.45) is 2.24. The van der Waals surface area contributed by atoms with Gasteiger partial charge < -0.3 is 9.64 Å². The molecule has 3 nitrogen and oxygen atoms in total. The Kier molecular flexibility index (Phi) is 2.30. The standard InChI is InChI=1S/C11H19NO2/c1-11(2,3)10(13)12-8-4-5-9(12)7-14-6-8/h8-9H,4-7H2,1-3H3. The fraction of sp³-hybridized carbons (Fsp3) is 0.909. The summed E-state index contributed by atoms with van der Waals surface area (Å²) in [6.45, 7) is 7.44. The van der Waals surface area contributed by atoms with E-state index in [2.05, 4.69) is 4.90 Å². The van der Waals surface area contributed by atoms with Crippen LogP contribution in [0, 0.1) is 5.41 Å². The highest BCUT2D eigenvalue weighted by molar-refractivity contribution is 5.82. The van der Waals surface area contributed by atoms with E-state index in [-0.39, 0.29) is 11.3 Å². The molecule has 0 spiro atoms. The van der Waals surface area contributed by atoms with Crippen molar-refractivity contribution in [2.45, 2.75) is 45.7 Å². The van der Waals surface area contributed by atoms with Crippen molar-refractivity contribution in [3.8, 4) is 0 Å². The van der Waals surface area contributed by atoms with Gasteiger partial charge in [-0.2, -0.15) is 0 Å². The molecular formula is C11H19NO2. The molecule has 3 heteroatoms. The quantitative estimate of drug-likeness (QED) is 0.588. The van der Waals surface area contributed by atoms with E-state index in [4.69, 9.17) is 4.74 Å². The summed E-state index contributed by atoms with van der Waals surface area (Å²) in [7, 11) is 0. The number of rotatable bonds is 0. The average molecular weight is 197 g/mol. The highest BCUT2D eigenvalue weighted by Crippen LogP contribution is 2.32. The summed E-state index contributed by atoms with van der Waals surface area (Å²) in [6, 6.07) is 0.695. The zero-order chi connectivity index (χ0) is 10.3. The van der Waals surface area contributed by atoms with Gasteiger partial charge in [0, 0.05) is 5.41 Å². The lowest BCUT2D eigenvalue weighted by atomic mass is 9.93. The lowest BCUT2D eigenvalue weighted by Gasteiger charge is -2.38. The van der Waals surface area contributed by atoms with Crippen LogP contribution in [0.15, 0.2) is 0 Å². The van der Waals surface area contributed by atoms with Crippen molar-refractivity contribution in [3.63, 3.8) is 0 Å². The van der Waals surface area contributed by atoms with Crippen LogP contribution in [0.25, 0.3) is 0 Å². The van der Waals surface area contributed by atoms with Gasteiger partial charge in [0.05, 0.1) is 25.3 Å². The third-order valence-electron chi connectivity index (χ3n) is 3.12. The maximum atomic E-state index is 12.2. The maximum absolute atomic E-state index is 12.2. The van der Waals surface area contributed by atoms with Gasteiger partial charge in [0.2, 0.25) is 5.91 Å². The summed E-state index contributed by atoms with van der Waals surface area (Å²) >= 11 is 0. The molecule has 0 saturated carbocycles. The SMILES string of the molecule is CC(C)(C)C(=O)N1C2CCC1COC2. The Labute approximate surface area is 85.4 Å². The number of carbonyl (C=O) groups is 1. The minimum Gasteiger partial charge on any atom is -0.377 e. The molecule has 14 heavy (non-hydrogen) atoms. The number of morpholine rings is 1. The van der Waals surface area contributed by atoms with Gasteiger partial charge in [-0.05, 0) is 12.8 Å². The van der Waals surface area contributed by atoms with E-state index in [1.54, 1.807) is 0 Å². The second kappa shape index (κ2) is 3.23. The molecule has 2 aliphatic rings. The van der Waals surface area contributed by atoms with Gasteiger partial charge >= 0.3 is 0 Å². The summed E-state index contributed by atoms with van der Waals surface area (Å²) in [5, 5.41) is 0. The molecule has 2 aliphatic heterocycles. The predicted molar refractivity (Wildman–Crippen MR) is 53.9 cm³/mol. The molecule has 2 rings (SSSR count). The minimum absolute atomic E-state index is 0.252. The van der Waals surface area contributed by atoms with Gasteiger partial charge in [0.15, 0.2) is 0 Å². The van der Waals surface area contributed by atoms with Crippen molar-refractivity contribution in [3.05, 3.63) is 0 Å². The molecule has 1 amide bonds. The van der Waals surface area contributed by atoms with Crippen molar-refractivity contribution in [2.75, 3.05) is 13.2 Å². The van der Waals surface area contributed by atoms with Gasteiger partial charge in [-0.25, -0.2) is 0 Å². The van der Waals surface area contributed by atoms with Crippen LogP contribution in [-0.4, -0.2) is 36.1 Å². The van der Waals surface area contributed by atoms with Gasteiger partial charge in [0.1, 0.15) is 0 Å². The van der Waals surface area contributed by atoms with E-state index in [0.29, 0.717) is 12.1 Å². The molecule has 0 aromatic rings.